The molecule has 0 radical (unpaired) electrons. The molecule has 2 aliphatic rings. The zero-order chi connectivity index (χ0) is 14.0. The minimum Gasteiger partial charge on any atom is -0.339 e. The van der Waals surface area contributed by atoms with Gasteiger partial charge in [0.05, 0.1) is 6.54 Å². The summed E-state index contributed by atoms with van der Waals surface area (Å²) in [6.07, 6.45) is 1.12. The van der Waals surface area contributed by atoms with E-state index in [4.69, 9.17) is 0 Å². The highest BCUT2D eigenvalue weighted by molar-refractivity contribution is 5.78. The van der Waals surface area contributed by atoms with Crippen LogP contribution in [0.5, 0.6) is 0 Å². The van der Waals surface area contributed by atoms with Gasteiger partial charge in [-0.3, -0.25) is 4.79 Å². The van der Waals surface area contributed by atoms with Crippen LogP contribution < -0.4 is 10.6 Å². The monoisotopic (exact) mass is 273 g/mol. The van der Waals surface area contributed by atoms with Crippen LogP contribution in [0.1, 0.15) is 24.8 Å². The van der Waals surface area contributed by atoms with Crippen LogP contribution in [0.2, 0.25) is 0 Å². The molecule has 1 aromatic rings. The van der Waals surface area contributed by atoms with E-state index in [-0.39, 0.29) is 11.4 Å². The van der Waals surface area contributed by atoms with E-state index in [1.165, 1.54) is 5.56 Å². The van der Waals surface area contributed by atoms with E-state index in [1.54, 1.807) is 0 Å². The molecule has 20 heavy (non-hydrogen) atoms. The van der Waals surface area contributed by atoms with Crippen LogP contribution >= 0.6 is 0 Å². The summed E-state index contributed by atoms with van der Waals surface area (Å²) in [6.45, 7) is 6.17. The predicted molar refractivity (Wildman–Crippen MR) is 79.7 cm³/mol. The summed E-state index contributed by atoms with van der Waals surface area (Å²) in [6, 6.07) is 10.6. The molecule has 2 N–H and O–H groups in total. The molecule has 4 nitrogen and oxygen atoms in total. The lowest BCUT2D eigenvalue weighted by Gasteiger charge is -2.28. The van der Waals surface area contributed by atoms with Gasteiger partial charge in [-0.2, -0.15) is 0 Å². The van der Waals surface area contributed by atoms with Crippen molar-refractivity contribution in [3.8, 4) is 0 Å². The molecule has 1 aromatic carbocycles. The molecular formula is C16H23N3O. The van der Waals surface area contributed by atoms with Crippen LogP contribution in [-0.4, -0.2) is 49.1 Å². The van der Waals surface area contributed by atoms with Crippen LogP contribution in [0.25, 0.3) is 0 Å². The maximum atomic E-state index is 12.2. The number of benzene rings is 1. The Balaban J connectivity index is 1.50. The Morgan fingerprint density at radius 1 is 1.35 bits per heavy atom. The molecule has 4 heteroatoms. The van der Waals surface area contributed by atoms with E-state index < -0.39 is 0 Å². The highest BCUT2D eigenvalue weighted by Gasteiger charge is 2.50. The first kappa shape index (κ1) is 13.6. The minimum absolute atomic E-state index is 0.0883. The van der Waals surface area contributed by atoms with Gasteiger partial charge in [0.25, 0.3) is 0 Å². The van der Waals surface area contributed by atoms with Gasteiger partial charge in [-0.1, -0.05) is 30.3 Å². The van der Waals surface area contributed by atoms with Crippen LogP contribution in [-0.2, 0) is 4.79 Å². The van der Waals surface area contributed by atoms with Gasteiger partial charge in [0.2, 0.25) is 5.91 Å². The SMILES string of the molecule is CC1(NCC(=O)N2CCNCC2)CC1c1ccccc1. The van der Waals surface area contributed by atoms with Gasteiger partial charge < -0.3 is 15.5 Å². The van der Waals surface area contributed by atoms with E-state index >= 15 is 0 Å². The molecule has 108 valence electrons. The zero-order valence-electron chi connectivity index (χ0n) is 12.1. The number of carbonyl (C=O) groups excluding carboxylic acids is 1. The fraction of sp³-hybridized carbons (Fsp3) is 0.562. The summed E-state index contributed by atoms with van der Waals surface area (Å²) in [5.41, 5.74) is 1.46. The van der Waals surface area contributed by atoms with E-state index in [2.05, 4.69) is 41.8 Å². The number of nitrogens with one attached hydrogen (secondary N) is 2. The second kappa shape index (κ2) is 5.54. The Bertz CT molecular complexity index is 470. The zero-order valence-corrected chi connectivity index (χ0v) is 12.1. The average Bonchev–Trinajstić information content (AvgIpc) is 3.19. The number of hydrogen-bond donors (Lipinski definition) is 2. The first-order valence-corrected chi connectivity index (χ1v) is 7.47. The van der Waals surface area contributed by atoms with Gasteiger partial charge >= 0.3 is 0 Å². The topological polar surface area (TPSA) is 44.4 Å². The van der Waals surface area contributed by atoms with E-state index in [9.17, 15) is 4.79 Å². The number of piperazine rings is 1. The molecule has 1 aliphatic heterocycles. The second-order valence-electron chi connectivity index (χ2n) is 6.07. The Hall–Kier alpha value is -1.39. The second-order valence-corrected chi connectivity index (χ2v) is 6.07. The molecule has 2 unspecified atom stereocenters. The van der Waals surface area contributed by atoms with Gasteiger partial charge in [-0.15, -0.1) is 0 Å². The van der Waals surface area contributed by atoms with Crippen molar-refractivity contribution in [1.82, 2.24) is 15.5 Å². The number of carbonyl (C=O) groups is 1. The van der Waals surface area contributed by atoms with Gasteiger partial charge in [0.15, 0.2) is 0 Å². The predicted octanol–water partition coefficient (Wildman–Crippen LogP) is 0.954. The molecule has 0 spiro atoms. The van der Waals surface area contributed by atoms with Crippen LogP contribution in [0.3, 0.4) is 0 Å². The molecule has 1 aliphatic carbocycles. The molecule has 2 fully saturated rings. The van der Waals surface area contributed by atoms with Crippen molar-refractivity contribution in [3.63, 3.8) is 0 Å². The van der Waals surface area contributed by atoms with Crippen LogP contribution in [0, 0.1) is 0 Å². The summed E-state index contributed by atoms with van der Waals surface area (Å²) in [7, 11) is 0. The molecule has 1 saturated heterocycles. The highest BCUT2D eigenvalue weighted by atomic mass is 16.2. The number of nitrogens with zero attached hydrogens (tertiary/aromatic N) is 1. The summed E-state index contributed by atoms with van der Waals surface area (Å²) in [5, 5.41) is 6.74. The fourth-order valence-electron chi connectivity index (χ4n) is 3.04. The van der Waals surface area contributed by atoms with Crippen molar-refractivity contribution in [2.75, 3.05) is 32.7 Å². The Labute approximate surface area is 120 Å². The van der Waals surface area contributed by atoms with Crippen molar-refractivity contribution in [2.45, 2.75) is 24.8 Å². The van der Waals surface area contributed by atoms with Gasteiger partial charge in [-0.25, -0.2) is 0 Å². The maximum absolute atomic E-state index is 12.2. The van der Waals surface area contributed by atoms with Crippen molar-refractivity contribution < 1.29 is 4.79 Å². The number of amides is 1. The summed E-state index contributed by atoms with van der Waals surface area (Å²) in [4.78, 5) is 14.1. The van der Waals surface area contributed by atoms with E-state index in [0.29, 0.717) is 12.5 Å². The Morgan fingerprint density at radius 2 is 2.05 bits per heavy atom. The lowest BCUT2D eigenvalue weighted by atomic mass is 10.1. The quantitative estimate of drug-likeness (QED) is 0.858. The third-order valence-electron chi connectivity index (χ3n) is 4.55. The van der Waals surface area contributed by atoms with Gasteiger partial charge in [-0.05, 0) is 18.9 Å². The van der Waals surface area contributed by atoms with Crippen molar-refractivity contribution in [1.29, 1.82) is 0 Å². The van der Waals surface area contributed by atoms with Gasteiger partial charge in [0, 0.05) is 37.6 Å². The summed E-state index contributed by atoms with van der Waals surface area (Å²) >= 11 is 0. The summed E-state index contributed by atoms with van der Waals surface area (Å²) in [5.74, 6) is 0.769. The van der Waals surface area contributed by atoms with E-state index in [0.717, 1.165) is 32.6 Å². The average molecular weight is 273 g/mol. The molecule has 3 rings (SSSR count). The normalized spacial score (nSPS) is 29.2. The molecule has 0 bridgehead atoms. The first-order chi connectivity index (χ1) is 9.69. The van der Waals surface area contributed by atoms with Crippen molar-refractivity contribution >= 4 is 5.91 Å². The highest BCUT2D eigenvalue weighted by Crippen LogP contribution is 2.50. The van der Waals surface area contributed by atoms with Crippen LogP contribution in [0.4, 0.5) is 0 Å². The molecule has 1 amide bonds. The standard InChI is InChI=1S/C16H23N3O/c1-16(11-14(16)13-5-3-2-4-6-13)18-12-15(20)19-9-7-17-8-10-19/h2-6,14,17-18H,7-12H2,1H3. The number of rotatable bonds is 4. The number of hydrogen-bond acceptors (Lipinski definition) is 3. The summed E-state index contributed by atoms with van der Waals surface area (Å²) < 4.78 is 0. The molecule has 1 saturated carbocycles. The Morgan fingerprint density at radius 3 is 2.75 bits per heavy atom. The largest absolute Gasteiger partial charge is 0.339 e. The third-order valence-corrected chi connectivity index (χ3v) is 4.55. The maximum Gasteiger partial charge on any atom is 0.236 e. The smallest absolute Gasteiger partial charge is 0.236 e. The van der Waals surface area contributed by atoms with Crippen LogP contribution in [0.15, 0.2) is 30.3 Å². The minimum atomic E-state index is 0.0883. The molecular weight excluding hydrogens is 250 g/mol. The van der Waals surface area contributed by atoms with E-state index in [1.807, 2.05) is 11.0 Å². The third kappa shape index (κ3) is 2.86. The Kier molecular flexibility index (Phi) is 3.76. The molecule has 2 atom stereocenters. The molecule has 0 aromatic heterocycles. The lowest BCUT2D eigenvalue weighted by molar-refractivity contribution is -0.130. The van der Waals surface area contributed by atoms with Crippen molar-refractivity contribution in [2.24, 2.45) is 0 Å². The lowest BCUT2D eigenvalue weighted by Crippen LogP contribution is -2.50. The molecule has 1 heterocycles. The van der Waals surface area contributed by atoms with Gasteiger partial charge in [0.1, 0.15) is 0 Å². The van der Waals surface area contributed by atoms with Crippen molar-refractivity contribution in [3.05, 3.63) is 35.9 Å². The first-order valence-electron chi connectivity index (χ1n) is 7.47. The fourth-order valence-corrected chi connectivity index (χ4v) is 3.04.